The molecule has 0 saturated carbocycles. The summed E-state index contributed by atoms with van der Waals surface area (Å²) >= 11 is 0. The molecule has 1 aromatic carbocycles. The van der Waals surface area contributed by atoms with Crippen LogP contribution in [0, 0.1) is 6.92 Å². The number of nitrogens with one attached hydrogen (secondary N) is 2. The number of benzene rings is 1. The van der Waals surface area contributed by atoms with Gasteiger partial charge in [-0.15, -0.1) is 0 Å². The van der Waals surface area contributed by atoms with E-state index < -0.39 is 11.2 Å². The normalized spacial score (nSPS) is 10.6. The van der Waals surface area contributed by atoms with E-state index in [4.69, 9.17) is 0 Å². The van der Waals surface area contributed by atoms with Crippen molar-refractivity contribution in [3.05, 3.63) is 38.5 Å². The number of hydrogen-bond acceptors (Lipinski definition) is 3. The minimum Gasteiger partial charge on any atom is -0.507 e. The molecule has 2 aromatic rings. The lowest BCUT2D eigenvalue weighted by Gasteiger charge is -2.01. The van der Waals surface area contributed by atoms with Crippen molar-refractivity contribution in [2.24, 2.45) is 0 Å². The van der Waals surface area contributed by atoms with Gasteiger partial charge in [0.1, 0.15) is 11.1 Å². The van der Waals surface area contributed by atoms with Crippen LogP contribution in [0.2, 0.25) is 0 Å². The van der Waals surface area contributed by atoms with E-state index in [1.807, 2.05) is 0 Å². The van der Waals surface area contributed by atoms with Gasteiger partial charge in [0, 0.05) is 0 Å². The van der Waals surface area contributed by atoms with Gasteiger partial charge in [0.25, 0.3) is 5.56 Å². The molecule has 72 valence electrons. The summed E-state index contributed by atoms with van der Waals surface area (Å²) in [6, 6.07) is 3.22. The first-order valence-electron chi connectivity index (χ1n) is 4.04. The molecule has 0 atom stereocenters. The molecule has 5 heteroatoms. The maximum absolute atomic E-state index is 11.3. The Hall–Kier alpha value is -2.04. The highest BCUT2D eigenvalue weighted by molar-refractivity contribution is 5.84. The Bertz CT molecular complexity index is 609. The van der Waals surface area contributed by atoms with Gasteiger partial charge >= 0.3 is 5.69 Å². The van der Waals surface area contributed by atoms with Crippen molar-refractivity contribution in [1.29, 1.82) is 0 Å². The Morgan fingerprint density at radius 3 is 2.64 bits per heavy atom. The van der Waals surface area contributed by atoms with Crippen molar-refractivity contribution in [3.63, 3.8) is 0 Å². The van der Waals surface area contributed by atoms with Crippen LogP contribution in [0.4, 0.5) is 0 Å². The van der Waals surface area contributed by atoms with Crippen molar-refractivity contribution in [3.8, 4) is 5.75 Å². The zero-order valence-corrected chi connectivity index (χ0v) is 7.42. The number of aromatic nitrogens is 2. The predicted molar refractivity (Wildman–Crippen MR) is 51.6 cm³/mol. The molecule has 14 heavy (non-hydrogen) atoms. The summed E-state index contributed by atoms with van der Waals surface area (Å²) in [5.41, 5.74) is -0.229. The molecule has 0 aliphatic heterocycles. The fourth-order valence-electron chi connectivity index (χ4n) is 1.35. The Morgan fingerprint density at radius 2 is 1.93 bits per heavy atom. The van der Waals surface area contributed by atoms with Crippen molar-refractivity contribution in [1.82, 2.24) is 9.97 Å². The minimum atomic E-state index is -0.579. The lowest BCUT2D eigenvalue weighted by Crippen LogP contribution is -2.21. The van der Waals surface area contributed by atoms with E-state index in [1.54, 1.807) is 19.1 Å². The Morgan fingerprint density at radius 1 is 1.21 bits per heavy atom. The molecule has 0 unspecified atom stereocenters. The summed E-state index contributed by atoms with van der Waals surface area (Å²) in [5.74, 6) is -0.0972. The largest absolute Gasteiger partial charge is 0.507 e. The number of phenols is 1. The van der Waals surface area contributed by atoms with E-state index in [9.17, 15) is 14.7 Å². The lowest BCUT2D eigenvalue weighted by molar-refractivity contribution is 0.477. The molecule has 5 nitrogen and oxygen atoms in total. The second-order valence-electron chi connectivity index (χ2n) is 3.06. The van der Waals surface area contributed by atoms with Crippen molar-refractivity contribution < 1.29 is 5.11 Å². The van der Waals surface area contributed by atoms with Crippen LogP contribution in [0.5, 0.6) is 5.75 Å². The second-order valence-corrected chi connectivity index (χ2v) is 3.06. The molecule has 0 spiro atoms. The first-order valence-corrected chi connectivity index (χ1v) is 4.04. The second kappa shape index (κ2) is 2.73. The van der Waals surface area contributed by atoms with Crippen molar-refractivity contribution in [2.75, 3.05) is 0 Å². The van der Waals surface area contributed by atoms with Gasteiger partial charge in [-0.1, -0.05) is 6.07 Å². The molecule has 0 aliphatic rings. The summed E-state index contributed by atoms with van der Waals surface area (Å²) in [6.45, 7) is 1.68. The molecular formula is C9H8N2O3. The molecule has 3 N–H and O–H groups in total. The van der Waals surface area contributed by atoms with Crippen LogP contribution in [0.3, 0.4) is 0 Å². The average Bonchev–Trinajstić information content (AvgIpc) is 2.10. The molecule has 1 aromatic heterocycles. The van der Waals surface area contributed by atoms with Gasteiger partial charge in [0.05, 0.1) is 5.52 Å². The molecule has 0 radical (unpaired) electrons. The number of aromatic amines is 2. The Kier molecular flexibility index (Phi) is 1.67. The first-order chi connectivity index (χ1) is 6.59. The number of H-pyrrole nitrogens is 2. The van der Waals surface area contributed by atoms with E-state index in [-0.39, 0.29) is 11.1 Å². The standard InChI is InChI=1S/C9H8N2O3/c1-4-2-3-5-6(7(4)12)8(13)11-9(14)10-5/h2-3,12H,1H3,(H2,10,11,13,14). The highest BCUT2D eigenvalue weighted by atomic mass is 16.3. The van der Waals surface area contributed by atoms with Crippen molar-refractivity contribution in [2.45, 2.75) is 6.92 Å². The third-order valence-electron chi connectivity index (χ3n) is 2.08. The summed E-state index contributed by atoms with van der Waals surface area (Å²) in [7, 11) is 0. The Balaban J connectivity index is 3.11. The Labute approximate surface area is 78.0 Å². The van der Waals surface area contributed by atoms with Crippen LogP contribution >= 0.6 is 0 Å². The smallest absolute Gasteiger partial charge is 0.326 e. The number of hydrogen-bond donors (Lipinski definition) is 3. The zero-order valence-electron chi connectivity index (χ0n) is 7.42. The maximum atomic E-state index is 11.3. The lowest BCUT2D eigenvalue weighted by atomic mass is 10.1. The summed E-state index contributed by atoms with van der Waals surface area (Å²) < 4.78 is 0. The molecule has 2 rings (SSSR count). The van der Waals surface area contributed by atoms with Crippen LogP contribution in [0.25, 0.3) is 10.9 Å². The van der Waals surface area contributed by atoms with Gasteiger partial charge in [0.2, 0.25) is 0 Å². The zero-order chi connectivity index (χ0) is 10.3. The van der Waals surface area contributed by atoms with Gasteiger partial charge in [-0.25, -0.2) is 4.79 Å². The van der Waals surface area contributed by atoms with Gasteiger partial charge in [0.15, 0.2) is 0 Å². The summed E-state index contributed by atoms with van der Waals surface area (Å²) in [6.07, 6.45) is 0. The quantitative estimate of drug-likeness (QED) is 0.558. The molecule has 0 amide bonds. The van der Waals surface area contributed by atoms with Gasteiger partial charge in [-0.3, -0.25) is 9.78 Å². The van der Waals surface area contributed by atoms with E-state index >= 15 is 0 Å². The molecule has 0 fully saturated rings. The summed E-state index contributed by atoms with van der Waals surface area (Å²) in [4.78, 5) is 26.7. The van der Waals surface area contributed by atoms with Crippen molar-refractivity contribution >= 4 is 10.9 Å². The van der Waals surface area contributed by atoms with E-state index in [1.165, 1.54) is 0 Å². The van der Waals surface area contributed by atoms with Crippen LogP contribution in [0.15, 0.2) is 21.7 Å². The van der Waals surface area contributed by atoms with Gasteiger partial charge in [-0.2, -0.15) is 0 Å². The number of aromatic hydroxyl groups is 1. The minimum absolute atomic E-state index is 0.0972. The number of rotatable bonds is 0. The number of aryl methyl sites for hydroxylation is 1. The average molecular weight is 192 g/mol. The van der Waals surface area contributed by atoms with Crippen LogP contribution in [-0.2, 0) is 0 Å². The third-order valence-corrected chi connectivity index (χ3v) is 2.08. The molecule has 1 heterocycles. The van der Waals surface area contributed by atoms with Gasteiger partial charge in [-0.05, 0) is 18.6 Å². The number of phenolic OH excluding ortho intramolecular Hbond substituents is 1. The highest BCUT2D eigenvalue weighted by Crippen LogP contribution is 2.22. The van der Waals surface area contributed by atoms with Crippen LogP contribution < -0.4 is 11.2 Å². The maximum Gasteiger partial charge on any atom is 0.326 e. The summed E-state index contributed by atoms with van der Waals surface area (Å²) in [5, 5.41) is 9.70. The van der Waals surface area contributed by atoms with Crippen LogP contribution in [-0.4, -0.2) is 15.1 Å². The molecule has 0 saturated heterocycles. The predicted octanol–water partition coefficient (Wildman–Crippen LogP) is 0.230. The first kappa shape index (κ1) is 8.55. The monoisotopic (exact) mass is 192 g/mol. The SMILES string of the molecule is Cc1ccc2[nH]c(=O)[nH]c(=O)c2c1O. The van der Waals surface area contributed by atoms with Gasteiger partial charge < -0.3 is 10.1 Å². The van der Waals surface area contributed by atoms with Crippen LogP contribution in [0.1, 0.15) is 5.56 Å². The fraction of sp³-hybridized carbons (Fsp3) is 0.111. The van der Waals surface area contributed by atoms with E-state index in [2.05, 4.69) is 9.97 Å². The topological polar surface area (TPSA) is 86.0 Å². The highest BCUT2D eigenvalue weighted by Gasteiger charge is 2.07. The molecule has 0 bridgehead atoms. The number of fused-ring (bicyclic) bond motifs is 1. The molecular weight excluding hydrogens is 184 g/mol. The third kappa shape index (κ3) is 1.10. The molecule has 0 aliphatic carbocycles. The van der Waals surface area contributed by atoms with E-state index in [0.717, 1.165) is 0 Å². The van der Waals surface area contributed by atoms with E-state index in [0.29, 0.717) is 11.1 Å². The fourth-order valence-corrected chi connectivity index (χ4v) is 1.35.